The summed E-state index contributed by atoms with van der Waals surface area (Å²) in [6.45, 7) is 7.54. The molecule has 2 rings (SSSR count). The van der Waals surface area contributed by atoms with Gasteiger partial charge in [-0.25, -0.2) is 0 Å². The molecule has 1 saturated heterocycles. The van der Waals surface area contributed by atoms with E-state index in [1.54, 1.807) is 20.2 Å². The highest BCUT2D eigenvalue weighted by atomic mass is 16.7. The number of anilines is 1. The summed E-state index contributed by atoms with van der Waals surface area (Å²) in [7, 11) is 3.40. The van der Waals surface area contributed by atoms with Gasteiger partial charge in [0.1, 0.15) is 11.4 Å². The van der Waals surface area contributed by atoms with E-state index in [2.05, 4.69) is 5.32 Å². The number of hydrogen-bond donors (Lipinski definition) is 1. The molecule has 1 aliphatic rings. The van der Waals surface area contributed by atoms with Gasteiger partial charge in [0.25, 0.3) is 0 Å². The number of unbranched alkanes of at least 4 members (excludes halogenated alkanes) is 2. The van der Waals surface area contributed by atoms with E-state index in [-0.39, 0.29) is 36.9 Å². The monoisotopic (exact) mass is 548 g/mol. The molecule has 0 bridgehead atoms. The fourth-order valence-electron chi connectivity index (χ4n) is 4.09. The van der Waals surface area contributed by atoms with Crippen molar-refractivity contribution in [2.75, 3.05) is 39.2 Å². The molecule has 9 nitrogen and oxygen atoms in total. The van der Waals surface area contributed by atoms with E-state index in [1.165, 1.54) is 4.90 Å². The zero-order chi connectivity index (χ0) is 28.7. The third kappa shape index (κ3) is 14.3. The molecule has 1 N–H and O–H groups in total. The summed E-state index contributed by atoms with van der Waals surface area (Å²) in [5.74, 6) is 0.254. The Kier molecular flexibility index (Phi) is 14.3. The van der Waals surface area contributed by atoms with Crippen LogP contribution in [0.2, 0.25) is 0 Å². The molecule has 1 aromatic carbocycles. The van der Waals surface area contributed by atoms with Crippen LogP contribution in [0.1, 0.15) is 90.5 Å². The lowest BCUT2D eigenvalue weighted by atomic mass is 10.1. The van der Waals surface area contributed by atoms with E-state index in [9.17, 15) is 14.4 Å². The zero-order valence-electron chi connectivity index (χ0n) is 24.5. The van der Waals surface area contributed by atoms with Gasteiger partial charge >= 0.3 is 5.97 Å². The van der Waals surface area contributed by atoms with Gasteiger partial charge in [0.2, 0.25) is 11.8 Å². The maximum Gasteiger partial charge on any atom is 0.306 e. The molecule has 0 aromatic heterocycles. The fraction of sp³-hybridized carbons (Fsp3) is 0.700. The first-order chi connectivity index (χ1) is 18.5. The highest BCUT2D eigenvalue weighted by Crippen LogP contribution is 2.26. The lowest BCUT2D eigenvalue weighted by Crippen LogP contribution is -2.24. The van der Waals surface area contributed by atoms with Crippen molar-refractivity contribution in [1.82, 2.24) is 4.90 Å². The molecule has 1 atom stereocenters. The first kappa shape index (κ1) is 32.6. The third-order valence-corrected chi connectivity index (χ3v) is 6.14. The number of aryl methyl sites for hydroxylation is 1. The average Bonchev–Trinajstić information content (AvgIpc) is 2.87. The number of amides is 2. The molecule has 1 aromatic rings. The smallest absolute Gasteiger partial charge is 0.306 e. The Morgan fingerprint density at radius 2 is 1.77 bits per heavy atom. The Hall–Kier alpha value is -2.65. The molecule has 0 saturated carbocycles. The number of esters is 1. The summed E-state index contributed by atoms with van der Waals surface area (Å²) in [6.07, 6.45) is 7.70. The van der Waals surface area contributed by atoms with E-state index in [4.69, 9.17) is 18.9 Å². The number of carbonyl (C=O) groups is 3. The summed E-state index contributed by atoms with van der Waals surface area (Å²) >= 11 is 0. The molecule has 1 heterocycles. The van der Waals surface area contributed by atoms with Gasteiger partial charge in [-0.05, 0) is 95.9 Å². The molecule has 2 amide bonds. The summed E-state index contributed by atoms with van der Waals surface area (Å²) in [5, 5.41) is 2.90. The van der Waals surface area contributed by atoms with Crippen LogP contribution in [0.4, 0.5) is 5.69 Å². The Morgan fingerprint density at radius 1 is 1.00 bits per heavy atom. The van der Waals surface area contributed by atoms with Gasteiger partial charge < -0.3 is 29.2 Å². The second kappa shape index (κ2) is 17.1. The van der Waals surface area contributed by atoms with Crippen molar-refractivity contribution in [3.05, 3.63) is 23.8 Å². The maximum absolute atomic E-state index is 12.4. The summed E-state index contributed by atoms with van der Waals surface area (Å²) in [5.41, 5.74) is 0.916. The molecule has 1 unspecified atom stereocenters. The van der Waals surface area contributed by atoms with Crippen molar-refractivity contribution in [3.8, 4) is 5.75 Å². The SMILES string of the molecule is CN(C)C(=O)CCCC(=O)Nc1ccc(OCCCCCOC2CCCCO2)c(CCC(=O)OC(C)(C)C)c1. The van der Waals surface area contributed by atoms with E-state index < -0.39 is 5.60 Å². The van der Waals surface area contributed by atoms with Gasteiger partial charge in [-0.15, -0.1) is 0 Å². The van der Waals surface area contributed by atoms with Crippen LogP contribution in [0.25, 0.3) is 0 Å². The summed E-state index contributed by atoms with van der Waals surface area (Å²) < 4.78 is 22.9. The minimum atomic E-state index is -0.549. The van der Waals surface area contributed by atoms with E-state index in [0.29, 0.717) is 43.9 Å². The van der Waals surface area contributed by atoms with E-state index in [1.807, 2.05) is 32.9 Å². The number of ether oxygens (including phenoxy) is 4. The van der Waals surface area contributed by atoms with Gasteiger partial charge in [0.05, 0.1) is 6.61 Å². The molecular formula is C30H48N2O7. The predicted octanol–water partition coefficient (Wildman–Crippen LogP) is 5.25. The van der Waals surface area contributed by atoms with Crippen LogP contribution in [0.15, 0.2) is 18.2 Å². The molecular weight excluding hydrogens is 500 g/mol. The van der Waals surface area contributed by atoms with Gasteiger partial charge in [-0.3, -0.25) is 14.4 Å². The summed E-state index contributed by atoms with van der Waals surface area (Å²) in [4.78, 5) is 38.0. The van der Waals surface area contributed by atoms with E-state index in [0.717, 1.165) is 50.7 Å². The predicted molar refractivity (Wildman–Crippen MR) is 151 cm³/mol. The van der Waals surface area contributed by atoms with Gasteiger partial charge in [-0.1, -0.05) is 0 Å². The van der Waals surface area contributed by atoms with Crippen LogP contribution in [-0.2, 0) is 35.0 Å². The number of benzene rings is 1. The van der Waals surface area contributed by atoms with E-state index >= 15 is 0 Å². The van der Waals surface area contributed by atoms with Crippen molar-refractivity contribution >= 4 is 23.5 Å². The maximum atomic E-state index is 12.4. The molecule has 0 aliphatic carbocycles. The second-order valence-electron chi connectivity index (χ2n) is 11.2. The molecule has 220 valence electrons. The topological polar surface area (TPSA) is 103 Å². The van der Waals surface area contributed by atoms with Crippen molar-refractivity contribution in [2.24, 2.45) is 0 Å². The number of nitrogens with one attached hydrogen (secondary N) is 1. The van der Waals surface area contributed by atoms with Crippen molar-refractivity contribution < 1.29 is 33.3 Å². The number of nitrogens with zero attached hydrogens (tertiary/aromatic N) is 1. The number of rotatable bonds is 16. The van der Waals surface area contributed by atoms with Crippen molar-refractivity contribution in [3.63, 3.8) is 0 Å². The van der Waals surface area contributed by atoms with Gasteiger partial charge in [0, 0.05) is 52.3 Å². The van der Waals surface area contributed by atoms with Gasteiger partial charge in [0.15, 0.2) is 6.29 Å². The quantitative estimate of drug-likeness (QED) is 0.222. The average molecular weight is 549 g/mol. The lowest BCUT2D eigenvalue weighted by Gasteiger charge is -2.22. The third-order valence-electron chi connectivity index (χ3n) is 6.14. The van der Waals surface area contributed by atoms with Crippen LogP contribution in [0, 0.1) is 0 Å². The minimum absolute atomic E-state index is 0.000467. The lowest BCUT2D eigenvalue weighted by molar-refractivity contribution is -0.162. The van der Waals surface area contributed by atoms with Gasteiger partial charge in [-0.2, -0.15) is 0 Å². The highest BCUT2D eigenvalue weighted by Gasteiger charge is 2.18. The fourth-order valence-corrected chi connectivity index (χ4v) is 4.09. The number of hydrogen-bond acceptors (Lipinski definition) is 7. The van der Waals surface area contributed by atoms with Crippen LogP contribution in [-0.4, -0.2) is 68.5 Å². The highest BCUT2D eigenvalue weighted by molar-refractivity contribution is 5.91. The normalized spacial score (nSPS) is 15.5. The van der Waals surface area contributed by atoms with Crippen LogP contribution < -0.4 is 10.1 Å². The second-order valence-corrected chi connectivity index (χ2v) is 11.2. The molecule has 39 heavy (non-hydrogen) atoms. The first-order valence-electron chi connectivity index (χ1n) is 14.2. The molecule has 1 aliphatic heterocycles. The molecule has 0 radical (unpaired) electrons. The zero-order valence-corrected chi connectivity index (χ0v) is 24.5. The Morgan fingerprint density at radius 3 is 2.46 bits per heavy atom. The van der Waals surface area contributed by atoms with Crippen LogP contribution in [0.5, 0.6) is 5.75 Å². The standard InChI is InChI=1S/C30H48N2O7/c1-30(2,3)39-28(35)18-15-23-22-24(31-26(33)12-11-13-27(34)32(4)5)16-17-25(23)36-19-8-6-9-20-37-29-14-7-10-21-38-29/h16-17,22,29H,6-15,18-21H2,1-5H3,(H,31,33). The van der Waals surface area contributed by atoms with Crippen molar-refractivity contribution in [1.29, 1.82) is 0 Å². The van der Waals surface area contributed by atoms with Crippen LogP contribution in [0.3, 0.4) is 0 Å². The number of carbonyl (C=O) groups excluding carboxylic acids is 3. The Labute approximate surface area is 233 Å². The first-order valence-corrected chi connectivity index (χ1v) is 14.2. The minimum Gasteiger partial charge on any atom is -0.493 e. The Bertz CT molecular complexity index is 905. The van der Waals surface area contributed by atoms with Crippen LogP contribution >= 0.6 is 0 Å². The largest absolute Gasteiger partial charge is 0.493 e. The Balaban J connectivity index is 1.86. The molecule has 9 heteroatoms. The van der Waals surface area contributed by atoms with Crippen molar-refractivity contribution in [2.45, 2.75) is 103 Å². The summed E-state index contributed by atoms with van der Waals surface area (Å²) in [6, 6.07) is 5.48. The molecule has 1 fully saturated rings. The molecule has 0 spiro atoms.